The van der Waals surface area contributed by atoms with Crippen LogP contribution in [0.1, 0.15) is 5.56 Å². The van der Waals surface area contributed by atoms with Crippen LogP contribution in [0.25, 0.3) is 10.9 Å². The monoisotopic (exact) mass is 297 g/mol. The number of ether oxygens (including phenoxy) is 1. The third-order valence-electron chi connectivity index (χ3n) is 3.45. The van der Waals surface area contributed by atoms with Crippen molar-refractivity contribution in [2.75, 3.05) is 6.61 Å². The Bertz CT molecular complexity index is 909. The molecule has 0 N–H and O–H groups in total. The lowest BCUT2D eigenvalue weighted by Gasteiger charge is -2.11. The van der Waals surface area contributed by atoms with E-state index in [9.17, 15) is 9.59 Å². The van der Waals surface area contributed by atoms with Gasteiger partial charge in [-0.25, -0.2) is 9.59 Å². The molecule has 112 valence electrons. The van der Waals surface area contributed by atoms with Gasteiger partial charge in [0, 0.05) is 0 Å². The van der Waals surface area contributed by atoms with E-state index < -0.39 is 11.4 Å². The number of rotatable bonds is 4. The maximum absolute atomic E-state index is 12.0. The maximum Gasteiger partial charge on any atom is 0.422 e. The van der Waals surface area contributed by atoms with E-state index in [1.807, 2.05) is 43.3 Å². The number of aryl methyl sites for hydroxylation is 1. The van der Waals surface area contributed by atoms with Crippen LogP contribution in [0.5, 0.6) is 5.75 Å². The van der Waals surface area contributed by atoms with Crippen LogP contribution < -0.4 is 16.1 Å². The molecular weight excluding hydrogens is 282 g/mol. The van der Waals surface area contributed by atoms with Crippen LogP contribution in [0.2, 0.25) is 0 Å². The Kier molecular flexibility index (Phi) is 3.78. The van der Waals surface area contributed by atoms with Crippen LogP contribution in [-0.4, -0.2) is 11.2 Å². The van der Waals surface area contributed by atoms with Crippen molar-refractivity contribution in [2.24, 2.45) is 0 Å². The van der Waals surface area contributed by atoms with Gasteiger partial charge in [-0.3, -0.25) is 4.57 Å². The molecule has 0 bridgehead atoms. The van der Waals surface area contributed by atoms with Crippen molar-refractivity contribution < 1.29 is 9.15 Å². The molecule has 3 rings (SSSR count). The molecule has 0 saturated carbocycles. The highest BCUT2D eigenvalue weighted by Crippen LogP contribution is 2.14. The summed E-state index contributed by atoms with van der Waals surface area (Å²) in [5, 5.41) is 0.402. The van der Waals surface area contributed by atoms with E-state index in [1.165, 1.54) is 4.57 Å². The summed E-state index contributed by atoms with van der Waals surface area (Å²) in [4.78, 5) is 23.8. The average molecular weight is 297 g/mol. The van der Waals surface area contributed by atoms with E-state index in [-0.39, 0.29) is 0 Å². The van der Waals surface area contributed by atoms with Gasteiger partial charge in [0.25, 0.3) is 0 Å². The molecule has 0 atom stereocenters. The summed E-state index contributed by atoms with van der Waals surface area (Å²) in [6.45, 7) is 2.47. The Morgan fingerprint density at radius 3 is 2.59 bits per heavy atom. The number of aromatic nitrogens is 1. The molecule has 1 aromatic heterocycles. The summed E-state index contributed by atoms with van der Waals surface area (Å²) in [5.41, 5.74) is 0.839. The van der Waals surface area contributed by atoms with Crippen molar-refractivity contribution >= 4 is 10.9 Å². The third kappa shape index (κ3) is 2.65. The SMILES string of the molecule is Cc1cccc2c(=O)oc(=O)n(CCOc3ccccc3)c12. The first-order valence-electron chi connectivity index (χ1n) is 6.98. The molecule has 5 heteroatoms. The van der Waals surface area contributed by atoms with Gasteiger partial charge in [0.2, 0.25) is 0 Å². The zero-order valence-corrected chi connectivity index (χ0v) is 12.1. The smallest absolute Gasteiger partial charge is 0.422 e. The van der Waals surface area contributed by atoms with Gasteiger partial charge in [-0.2, -0.15) is 0 Å². The number of hydrogen-bond donors (Lipinski definition) is 0. The molecular formula is C17H15NO4. The van der Waals surface area contributed by atoms with Gasteiger partial charge < -0.3 is 9.15 Å². The summed E-state index contributed by atoms with van der Waals surface area (Å²) in [5.74, 6) is 0.0671. The molecule has 0 aliphatic rings. The quantitative estimate of drug-likeness (QED) is 0.741. The van der Waals surface area contributed by atoms with Crippen molar-refractivity contribution in [2.45, 2.75) is 13.5 Å². The molecule has 0 unspecified atom stereocenters. The summed E-state index contributed by atoms with van der Waals surface area (Å²) >= 11 is 0. The minimum Gasteiger partial charge on any atom is -0.492 e. The Balaban J connectivity index is 1.94. The van der Waals surface area contributed by atoms with Gasteiger partial charge in [0.05, 0.1) is 17.4 Å². The highest BCUT2D eigenvalue weighted by atomic mass is 16.5. The van der Waals surface area contributed by atoms with Crippen LogP contribution in [0.4, 0.5) is 0 Å². The summed E-state index contributed by atoms with van der Waals surface area (Å²) in [6, 6.07) is 14.6. The molecule has 0 radical (unpaired) electrons. The minimum atomic E-state index is -0.663. The van der Waals surface area contributed by atoms with Crippen LogP contribution in [-0.2, 0) is 6.54 Å². The van der Waals surface area contributed by atoms with Gasteiger partial charge in [0.1, 0.15) is 12.4 Å². The van der Waals surface area contributed by atoms with E-state index in [4.69, 9.17) is 9.15 Å². The largest absolute Gasteiger partial charge is 0.492 e. The van der Waals surface area contributed by atoms with Crippen LogP contribution in [0, 0.1) is 6.92 Å². The Morgan fingerprint density at radius 1 is 1.05 bits per heavy atom. The van der Waals surface area contributed by atoms with Gasteiger partial charge in [-0.15, -0.1) is 0 Å². The zero-order chi connectivity index (χ0) is 15.5. The Hall–Kier alpha value is -2.82. The molecule has 0 fully saturated rings. The van der Waals surface area contributed by atoms with Crippen LogP contribution >= 0.6 is 0 Å². The molecule has 5 nitrogen and oxygen atoms in total. The molecule has 0 aliphatic heterocycles. The van der Waals surface area contributed by atoms with Gasteiger partial charge >= 0.3 is 11.4 Å². The van der Waals surface area contributed by atoms with Gasteiger partial charge in [-0.1, -0.05) is 30.3 Å². The second-order valence-electron chi connectivity index (χ2n) is 4.94. The number of para-hydroxylation sites is 2. The van der Waals surface area contributed by atoms with E-state index in [0.717, 1.165) is 11.3 Å². The zero-order valence-electron chi connectivity index (χ0n) is 12.1. The molecule has 3 aromatic rings. The van der Waals surface area contributed by atoms with Gasteiger partial charge in [-0.05, 0) is 30.7 Å². The highest BCUT2D eigenvalue weighted by molar-refractivity contribution is 5.80. The van der Waals surface area contributed by atoms with Crippen molar-refractivity contribution in [3.8, 4) is 5.75 Å². The Morgan fingerprint density at radius 2 is 1.82 bits per heavy atom. The molecule has 2 aromatic carbocycles. The average Bonchev–Trinajstić information content (AvgIpc) is 2.52. The van der Waals surface area contributed by atoms with Crippen molar-refractivity contribution in [3.05, 3.63) is 75.1 Å². The first-order valence-corrected chi connectivity index (χ1v) is 6.98. The fraction of sp³-hybridized carbons (Fsp3) is 0.176. The lowest BCUT2D eigenvalue weighted by atomic mass is 10.1. The second kappa shape index (κ2) is 5.89. The van der Waals surface area contributed by atoms with Crippen molar-refractivity contribution in [1.29, 1.82) is 0 Å². The van der Waals surface area contributed by atoms with E-state index in [1.54, 1.807) is 12.1 Å². The number of hydrogen-bond acceptors (Lipinski definition) is 4. The molecule has 0 amide bonds. The molecule has 1 heterocycles. The van der Waals surface area contributed by atoms with Crippen molar-refractivity contribution in [1.82, 2.24) is 4.57 Å². The fourth-order valence-electron chi connectivity index (χ4n) is 2.44. The number of fused-ring (bicyclic) bond motifs is 1. The van der Waals surface area contributed by atoms with Crippen LogP contribution in [0.3, 0.4) is 0 Å². The van der Waals surface area contributed by atoms with Gasteiger partial charge in [0.15, 0.2) is 0 Å². The normalized spacial score (nSPS) is 10.8. The fourth-order valence-corrected chi connectivity index (χ4v) is 2.44. The maximum atomic E-state index is 12.0. The van der Waals surface area contributed by atoms with E-state index >= 15 is 0 Å². The second-order valence-corrected chi connectivity index (χ2v) is 4.94. The first-order chi connectivity index (χ1) is 10.7. The topological polar surface area (TPSA) is 61.4 Å². The Labute approximate surface area is 126 Å². The lowest BCUT2D eigenvalue weighted by molar-refractivity contribution is 0.287. The van der Waals surface area contributed by atoms with Crippen LogP contribution in [0.15, 0.2) is 62.5 Å². The van der Waals surface area contributed by atoms with E-state index in [0.29, 0.717) is 24.1 Å². The molecule has 0 aliphatic carbocycles. The first kappa shape index (κ1) is 14.1. The highest BCUT2D eigenvalue weighted by Gasteiger charge is 2.11. The van der Waals surface area contributed by atoms with Crippen molar-refractivity contribution in [3.63, 3.8) is 0 Å². The minimum absolute atomic E-state index is 0.304. The number of nitrogens with zero attached hydrogens (tertiary/aromatic N) is 1. The summed E-state index contributed by atoms with van der Waals surface area (Å²) < 4.78 is 11.8. The standard InChI is InChI=1S/C17H15NO4/c1-12-6-5-9-14-15(12)18(17(20)22-16(14)19)10-11-21-13-7-3-2-4-8-13/h2-9H,10-11H2,1H3. The lowest BCUT2D eigenvalue weighted by Crippen LogP contribution is -2.27. The number of benzene rings is 2. The molecule has 22 heavy (non-hydrogen) atoms. The predicted molar refractivity (Wildman–Crippen MR) is 83.4 cm³/mol. The third-order valence-corrected chi connectivity index (χ3v) is 3.45. The summed E-state index contributed by atoms with van der Waals surface area (Å²) in [7, 11) is 0. The predicted octanol–water partition coefficient (Wildman–Crippen LogP) is 2.34. The van der Waals surface area contributed by atoms with E-state index in [2.05, 4.69) is 0 Å². The summed E-state index contributed by atoms with van der Waals surface area (Å²) in [6.07, 6.45) is 0. The molecule has 0 saturated heterocycles. The molecule has 0 spiro atoms.